The number of halogens is 1. The van der Waals surface area contributed by atoms with Crippen molar-refractivity contribution in [1.82, 2.24) is 0 Å². The van der Waals surface area contributed by atoms with Crippen LogP contribution in [-0.4, -0.2) is 4.92 Å². The number of nitrogens with zero attached hydrogens (tertiary/aromatic N) is 1. The molecule has 1 aromatic carbocycles. The highest BCUT2D eigenvalue weighted by atomic mass is 32.1. The van der Waals surface area contributed by atoms with E-state index in [2.05, 4.69) is 0 Å². The van der Waals surface area contributed by atoms with E-state index in [4.69, 9.17) is 0 Å². The summed E-state index contributed by atoms with van der Waals surface area (Å²) < 4.78 is 13.7. The van der Waals surface area contributed by atoms with Crippen molar-refractivity contribution in [2.75, 3.05) is 0 Å². The summed E-state index contributed by atoms with van der Waals surface area (Å²) >= 11 is 1.36. The van der Waals surface area contributed by atoms with E-state index in [1.807, 2.05) is 0 Å². The fraction of sp³-hybridized carbons (Fsp3) is 0. The van der Waals surface area contributed by atoms with Crippen LogP contribution in [0.4, 0.5) is 10.1 Å². The zero-order valence-electron chi connectivity index (χ0n) is 6.36. The molecule has 5 heteroatoms. The smallest absolute Gasteiger partial charge is 0.258 e. The van der Waals surface area contributed by atoms with Gasteiger partial charge in [-0.05, 0) is 23.6 Å². The second-order valence-corrected chi connectivity index (χ2v) is 3.43. The van der Waals surface area contributed by atoms with Crippen molar-refractivity contribution >= 4 is 27.1 Å². The molecule has 66 valence electrons. The first-order valence-corrected chi connectivity index (χ1v) is 4.38. The Labute approximate surface area is 76.6 Å². The van der Waals surface area contributed by atoms with Gasteiger partial charge in [0.25, 0.3) is 0 Å². The highest BCUT2D eigenvalue weighted by Crippen LogP contribution is 2.31. The van der Waals surface area contributed by atoms with Crippen LogP contribution >= 0.6 is 11.3 Å². The van der Waals surface area contributed by atoms with E-state index < -0.39 is 16.4 Å². The molecule has 1 aromatic heterocycles. The second kappa shape index (κ2) is 2.77. The first-order valence-electron chi connectivity index (χ1n) is 3.50. The third-order valence-corrected chi connectivity index (χ3v) is 2.62. The largest absolute Gasteiger partial charge is 0.313 e. The molecule has 0 bridgehead atoms. The van der Waals surface area contributed by atoms with Gasteiger partial charge in [0.05, 0.1) is 10.3 Å². The molecule has 0 saturated heterocycles. The molecule has 0 spiro atoms. The number of hydrogen-bond acceptors (Lipinski definition) is 3. The van der Waals surface area contributed by atoms with Gasteiger partial charge in [-0.1, -0.05) is 0 Å². The number of benzene rings is 1. The van der Waals surface area contributed by atoms with Gasteiger partial charge in [-0.2, -0.15) is 4.39 Å². The zero-order chi connectivity index (χ0) is 9.42. The fourth-order valence-electron chi connectivity index (χ4n) is 1.19. The van der Waals surface area contributed by atoms with Crippen LogP contribution in [0.15, 0.2) is 23.6 Å². The summed E-state index contributed by atoms with van der Waals surface area (Å²) in [6.45, 7) is 0. The van der Waals surface area contributed by atoms with Crippen molar-refractivity contribution in [2.45, 2.75) is 0 Å². The monoisotopic (exact) mass is 197 g/mol. The van der Waals surface area contributed by atoms with Crippen molar-refractivity contribution in [1.29, 1.82) is 0 Å². The summed E-state index contributed by atoms with van der Waals surface area (Å²) in [4.78, 5) is 9.81. The van der Waals surface area contributed by atoms with E-state index in [1.54, 1.807) is 17.5 Å². The molecular weight excluding hydrogens is 193 g/mol. The molecule has 2 rings (SSSR count). The van der Waals surface area contributed by atoms with Crippen LogP contribution in [0, 0.1) is 15.9 Å². The van der Waals surface area contributed by atoms with Gasteiger partial charge in [-0.15, -0.1) is 11.3 Å². The standard InChI is InChI=1S/C8H4FNO2S/c9-6-1-2-7-5(3-4-13-7)8(6)10(11)12/h1-4H. The fourth-order valence-corrected chi connectivity index (χ4v) is 1.98. The molecular formula is C8H4FNO2S. The topological polar surface area (TPSA) is 43.1 Å². The Morgan fingerprint density at radius 2 is 2.15 bits per heavy atom. The maximum Gasteiger partial charge on any atom is 0.313 e. The lowest BCUT2D eigenvalue weighted by Crippen LogP contribution is -1.91. The average Bonchev–Trinajstić information content (AvgIpc) is 2.50. The van der Waals surface area contributed by atoms with Crippen molar-refractivity contribution < 1.29 is 9.31 Å². The molecule has 0 amide bonds. The molecule has 0 saturated carbocycles. The van der Waals surface area contributed by atoms with Gasteiger partial charge in [0.15, 0.2) is 0 Å². The van der Waals surface area contributed by atoms with Crippen molar-refractivity contribution in [2.24, 2.45) is 0 Å². The van der Waals surface area contributed by atoms with Crippen molar-refractivity contribution in [3.8, 4) is 0 Å². The zero-order valence-corrected chi connectivity index (χ0v) is 7.18. The number of rotatable bonds is 1. The summed E-state index contributed by atoms with van der Waals surface area (Å²) in [6.07, 6.45) is 0. The average molecular weight is 197 g/mol. The molecule has 0 fully saturated rings. The Balaban J connectivity index is 2.88. The van der Waals surface area contributed by atoms with Crippen LogP contribution in [0.5, 0.6) is 0 Å². The van der Waals surface area contributed by atoms with Gasteiger partial charge < -0.3 is 0 Å². The normalized spacial score (nSPS) is 10.5. The Morgan fingerprint density at radius 3 is 2.85 bits per heavy atom. The highest BCUT2D eigenvalue weighted by molar-refractivity contribution is 7.17. The minimum atomic E-state index is -0.782. The summed E-state index contributed by atoms with van der Waals surface area (Å²) in [7, 11) is 0. The lowest BCUT2D eigenvalue weighted by molar-refractivity contribution is -0.385. The molecule has 2 aromatic rings. The second-order valence-electron chi connectivity index (χ2n) is 2.49. The number of thiophene rings is 1. The summed E-state index contributed by atoms with van der Waals surface area (Å²) in [5, 5.41) is 12.6. The Hall–Kier alpha value is -1.49. The minimum Gasteiger partial charge on any atom is -0.258 e. The molecule has 0 aliphatic heterocycles. The predicted octanol–water partition coefficient (Wildman–Crippen LogP) is 2.95. The molecule has 0 aliphatic rings. The first kappa shape index (κ1) is 8.12. The van der Waals surface area contributed by atoms with Crippen LogP contribution in [-0.2, 0) is 0 Å². The molecule has 1 heterocycles. The summed E-state index contributed by atoms with van der Waals surface area (Å²) in [6, 6.07) is 4.22. The lowest BCUT2D eigenvalue weighted by atomic mass is 10.2. The molecule has 0 atom stereocenters. The maximum absolute atomic E-state index is 13.0. The molecule has 0 aliphatic carbocycles. The van der Waals surface area contributed by atoms with E-state index in [0.29, 0.717) is 5.39 Å². The Kier molecular flexibility index (Phi) is 1.73. The third kappa shape index (κ3) is 1.17. The number of hydrogen-bond donors (Lipinski definition) is 0. The molecule has 3 nitrogen and oxygen atoms in total. The molecule has 0 N–H and O–H groups in total. The van der Waals surface area contributed by atoms with Gasteiger partial charge >= 0.3 is 5.69 Å². The third-order valence-electron chi connectivity index (χ3n) is 1.74. The first-order chi connectivity index (χ1) is 6.20. The van der Waals surface area contributed by atoms with E-state index in [1.165, 1.54) is 11.3 Å². The van der Waals surface area contributed by atoms with Crippen molar-refractivity contribution in [3.05, 3.63) is 39.5 Å². The van der Waals surface area contributed by atoms with Crippen LogP contribution in [0.25, 0.3) is 10.1 Å². The van der Waals surface area contributed by atoms with E-state index in [0.717, 1.165) is 10.8 Å². The highest BCUT2D eigenvalue weighted by Gasteiger charge is 2.18. The molecule has 0 unspecified atom stereocenters. The van der Waals surface area contributed by atoms with Crippen LogP contribution < -0.4 is 0 Å². The molecule has 13 heavy (non-hydrogen) atoms. The van der Waals surface area contributed by atoms with E-state index in [9.17, 15) is 14.5 Å². The van der Waals surface area contributed by atoms with Gasteiger partial charge in [0, 0.05) is 4.70 Å². The minimum absolute atomic E-state index is 0.370. The van der Waals surface area contributed by atoms with Crippen LogP contribution in [0.3, 0.4) is 0 Å². The van der Waals surface area contributed by atoms with Crippen molar-refractivity contribution in [3.63, 3.8) is 0 Å². The van der Waals surface area contributed by atoms with Gasteiger partial charge in [0.2, 0.25) is 5.82 Å². The van der Waals surface area contributed by atoms with E-state index in [-0.39, 0.29) is 0 Å². The van der Waals surface area contributed by atoms with Gasteiger partial charge in [-0.3, -0.25) is 10.1 Å². The van der Waals surface area contributed by atoms with Gasteiger partial charge in [0.1, 0.15) is 0 Å². The van der Waals surface area contributed by atoms with E-state index >= 15 is 0 Å². The Bertz CT molecular complexity index is 480. The van der Waals surface area contributed by atoms with Crippen LogP contribution in [0.1, 0.15) is 0 Å². The number of nitro groups is 1. The van der Waals surface area contributed by atoms with Gasteiger partial charge in [-0.25, -0.2) is 0 Å². The number of fused-ring (bicyclic) bond motifs is 1. The summed E-state index contributed by atoms with van der Waals surface area (Å²) in [5.41, 5.74) is -0.432. The molecule has 0 radical (unpaired) electrons. The number of nitro benzene ring substituents is 1. The maximum atomic E-state index is 13.0. The summed E-state index contributed by atoms with van der Waals surface area (Å²) in [5.74, 6) is -0.782. The lowest BCUT2D eigenvalue weighted by Gasteiger charge is -1.94. The predicted molar refractivity (Wildman–Crippen MR) is 48.4 cm³/mol. The Morgan fingerprint density at radius 1 is 1.38 bits per heavy atom. The SMILES string of the molecule is O=[N+]([O-])c1c(F)ccc2sccc12. The quantitative estimate of drug-likeness (QED) is 0.521. The van der Waals surface area contributed by atoms with Crippen LogP contribution in [0.2, 0.25) is 0 Å².